The summed E-state index contributed by atoms with van der Waals surface area (Å²) >= 11 is 0. The van der Waals surface area contributed by atoms with E-state index in [0.29, 0.717) is 43.9 Å². The summed E-state index contributed by atoms with van der Waals surface area (Å²) in [6, 6.07) is 51.3. The fourth-order valence-electron chi connectivity index (χ4n) is 6.59. The van der Waals surface area contributed by atoms with Crippen LogP contribution in [-0.2, 0) is 0 Å². The summed E-state index contributed by atoms with van der Waals surface area (Å²) in [5, 5.41) is 2.17. The molecule has 4 nitrogen and oxygen atoms in total. The van der Waals surface area contributed by atoms with Gasteiger partial charge in [-0.1, -0.05) is 97.1 Å². The second-order valence-corrected chi connectivity index (χ2v) is 12.0. The Hall–Kier alpha value is -6.52. The van der Waals surface area contributed by atoms with Crippen molar-refractivity contribution in [2.45, 2.75) is 0 Å². The summed E-state index contributed by atoms with van der Waals surface area (Å²) in [4.78, 5) is 27.3. The molecule has 0 unspecified atom stereocenters. The van der Waals surface area contributed by atoms with Crippen molar-refractivity contribution in [1.29, 1.82) is 0 Å². The first-order valence-corrected chi connectivity index (χ1v) is 15.8. The van der Waals surface area contributed by atoms with Crippen molar-refractivity contribution in [3.63, 3.8) is 0 Å². The van der Waals surface area contributed by atoms with Crippen molar-refractivity contribution in [3.8, 4) is 44.5 Å². The van der Waals surface area contributed by atoms with Crippen LogP contribution >= 0.6 is 0 Å². The zero-order valence-corrected chi connectivity index (χ0v) is 25.6. The molecule has 0 spiro atoms. The van der Waals surface area contributed by atoms with Gasteiger partial charge >= 0.3 is 0 Å². The van der Waals surface area contributed by atoms with Crippen molar-refractivity contribution in [1.82, 2.24) is 0 Å². The average molecular weight is 619 g/mol. The fraction of sp³-hybridized carbons (Fsp3) is 0. The minimum atomic E-state index is -0.0706. The predicted octanol–water partition coefficient (Wildman–Crippen LogP) is 10.9. The minimum Gasteiger partial charge on any atom is -0.456 e. The zero-order chi connectivity index (χ0) is 32.2. The van der Waals surface area contributed by atoms with Gasteiger partial charge in [0.2, 0.25) is 10.9 Å². The third kappa shape index (κ3) is 4.70. The Morgan fingerprint density at radius 1 is 0.271 bits per heavy atom. The molecule has 9 rings (SSSR count). The first-order valence-electron chi connectivity index (χ1n) is 15.8. The molecule has 0 atom stereocenters. The normalized spacial score (nSPS) is 11.5. The molecule has 4 heteroatoms. The average Bonchev–Trinajstić information content (AvgIpc) is 3.15. The van der Waals surface area contributed by atoms with Gasteiger partial charge in [-0.15, -0.1) is 0 Å². The summed E-state index contributed by atoms with van der Waals surface area (Å²) in [7, 11) is 0. The summed E-state index contributed by atoms with van der Waals surface area (Å²) in [5.41, 5.74) is 10.1. The van der Waals surface area contributed by atoms with Crippen LogP contribution in [0.4, 0.5) is 0 Å². The Bertz CT molecular complexity index is 2830. The van der Waals surface area contributed by atoms with Crippen LogP contribution in [0.1, 0.15) is 0 Å². The van der Waals surface area contributed by atoms with Gasteiger partial charge < -0.3 is 8.83 Å². The van der Waals surface area contributed by atoms with E-state index in [1.807, 2.05) is 115 Å². The van der Waals surface area contributed by atoms with E-state index >= 15 is 0 Å². The van der Waals surface area contributed by atoms with E-state index in [4.69, 9.17) is 8.83 Å². The third-order valence-electron chi connectivity index (χ3n) is 9.08. The maximum atomic E-state index is 14.0. The zero-order valence-electron chi connectivity index (χ0n) is 25.6. The molecule has 0 aliphatic rings. The molecule has 0 aliphatic carbocycles. The van der Waals surface area contributed by atoms with Gasteiger partial charge in [-0.05, 0) is 105 Å². The van der Waals surface area contributed by atoms with Crippen LogP contribution in [0.5, 0.6) is 0 Å². The van der Waals surface area contributed by atoms with Crippen LogP contribution < -0.4 is 10.9 Å². The van der Waals surface area contributed by atoms with E-state index in [0.717, 1.165) is 44.5 Å². The van der Waals surface area contributed by atoms with Crippen molar-refractivity contribution >= 4 is 43.9 Å². The molecular weight excluding hydrogens is 592 g/mol. The molecular formula is C44H26O4. The molecule has 9 aromatic rings. The molecule has 7 aromatic carbocycles. The Labute approximate surface area is 274 Å². The van der Waals surface area contributed by atoms with E-state index in [2.05, 4.69) is 36.4 Å². The SMILES string of the molecule is O=c1c2ccccc2oc2ccc(-c3cccc(-c4ccc5oc6ccc(-c7cccc(-c8ccccc8)c7)cc6c(=O)c5c4)c3)cc12. The topological polar surface area (TPSA) is 60.4 Å². The lowest BCUT2D eigenvalue weighted by molar-refractivity contribution is 0.659. The smallest absolute Gasteiger partial charge is 0.200 e. The number of fused-ring (bicyclic) bond motifs is 4. The molecule has 0 N–H and O–H groups in total. The van der Waals surface area contributed by atoms with Crippen molar-refractivity contribution in [3.05, 3.63) is 178 Å². The maximum Gasteiger partial charge on any atom is 0.200 e. The lowest BCUT2D eigenvalue weighted by Crippen LogP contribution is -2.02. The Morgan fingerprint density at radius 2 is 0.625 bits per heavy atom. The van der Waals surface area contributed by atoms with Crippen LogP contribution in [-0.4, -0.2) is 0 Å². The number of benzene rings is 7. The van der Waals surface area contributed by atoms with Gasteiger partial charge in [0.1, 0.15) is 22.3 Å². The highest BCUT2D eigenvalue weighted by atomic mass is 16.3. The lowest BCUT2D eigenvalue weighted by atomic mass is 9.96. The number of para-hydroxylation sites is 1. The lowest BCUT2D eigenvalue weighted by Gasteiger charge is -2.10. The van der Waals surface area contributed by atoms with Crippen LogP contribution in [0.25, 0.3) is 88.4 Å². The predicted molar refractivity (Wildman–Crippen MR) is 195 cm³/mol. The molecule has 0 amide bonds. The van der Waals surface area contributed by atoms with Gasteiger partial charge in [-0.2, -0.15) is 0 Å². The van der Waals surface area contributed by atoms with Crippen molar-refractivity contribution in [2.24, 2.45) is 0 Å². The van der Waals surface area contributed by atoms with Crippen LogP contribution in [0, 0.1) is 0 Å². The van der Waals surface area contributed by atoms with Gasteiger partial charge in [-0.25, -0.2) is 0 Å². The van der Waals surface area contributed by atoms with Crippen molar-refractivity contribution in [2.75, 3.05) is 0 Å². The van der Waals surface area contributed by atoms with Gasteiger partial charge in [0.15, 0.2) is 0 Å². The highest BCUT2D eigenvalue weighted by molar-refractivity contribution is 5.95. The first-order chi connectivity index (χ1) is 23.6. The van der Waals surface area contributed by atoms with Gasteiger partial charge in [0.05, 0.1) is 21.5 Å². The molecule has 0 fully saturated rings. The molecule has 0 radical (unpaired) electrons. The monoisotopic (exact) mass is 618 g/mol. The second-order valence-electron chi connectivity index (χ2n) is 12.0. The van der Waals surface area contributed by atoms with Crippen LogP contribution in [0.2, 0.25) is 0 Å². The minimum absolute atomic E-state index is 0.0506. The fourth-order valence-corrected chi connectivity index (χ4v) is 6.59. The molecule has 0 saturated carbocycles. The molecule has 2 aromatic heterocycles. The second kappa shape index (κ2) is 11.1. The summed E-state index contributed by atoms with van der Waals surface area (Å²) in [5.74, 6) is 0. The van der Waals surface area contributed by atoms with Crippen LogP contribution in [0.3, 0.4) is 0 Å². The standard InChI is InChI=1S/C44H26O4/c45-43-35-14-4-5-15-39(35)47-40-19-16-32(24-36(40)43)30-12-7-13-31(23-30)34-18-21-42-38(26-34)44(46)37-25-33(17-20-41(37)48-42)29-11-6-10-28(22-29)27-8-2-1-3-9-27/h1-26H. The van der Waals surface area contributed by atoms with E-state index in [1.54, 1.807) is 6.07 Å². The van der Waals surface area contributed by atoms with E-state index in [1.165, 1.54) is 0 Å². The molecule has 48 heavy (non-hydrogen) atoms. The van der Waals surface area contributed by atoms with Gasteiger partial charge in [0.25, 0.3) is 0 Å². The highest BCUT2D eigenvalue weighted by Gasteiger charge is 2.13. The van der Waals surface area contributed by atoms with E-state index in [9.17, 15) is 9.59 Å². The Kier molecular flexibility index (Phi) is 6.41. The Morgan fingerprint density at radius 3 is 1.12 bits per heavy atom. The number of rotatable bonds is 4. The third-order valence-corrected chi connectivity index (χ3v) is 9.08. The van der Waals surface area contributed by atoms with Crippen molar-refractivity contribution < 1.29 is 8.83 Å². The molecule has 226 valence electrons. The quantitative estimate of drug-likeness (QED) is 0.184. The molecule has 0 aliphatic heterocycles. The molecule has 2 heterocycles. The largest absolute Gasteiger partial charge is 0.456 e. The van der Waals surface area contributed by atoms with Gasteiger partial charge in [0, 0.05) is 0 Å². The number of hydrogen-bond donors (Lipinski definition) is 0. The maximum absolute atomic E-state index is 14.0. The number of hydrogen-bond acceptors (Lipinski definition) is 4. The molecule has 0 bridgehead atoms. The van der Waals surface area contributed by atoms with E-state index in [-0.39, 0.29) is 10.9 Å². The van der Waals surface area contributed by atoms with Crippen LogP contribution in [0.15, 0.2) is 176 Å². The highest BCUT2D eigenvalue weighted by Crippen LogP contribution is 2.32. The molecule has 0 saturated heterocycles. The Balaban J connectivity index is 1.11. The first kappa shape index (κ1) is 27.8. The summed E-state index contributed by atoms with van der Waals surface area (Å²) in [6.07, 6.45) is 0. The summed E-state index contributed by atoms with van der Waals surface area (Å²) in [6.45, 7) is 0. The van der Waals surface area contributed by atoms with Gasteiger partial charge in [-0.3, -0.25) is 9.59 Å². The van der Waals surface area contributed by atoms with E-state index < -0.39 is 0 Å². The summed E-state index contributed by atoms with van der Waals surface area (Å²) < 4.78 is 12.2.